The Kier molecular flexibility index (Phi) is 6.08. The second-order valence-corrected chi connectivity index (χ2v) is 5.75. The Morgan fingerprint density at radius 3 is 2.42 bits per heavy atom. The minimum Gasteiger partial charge on any atom is -0.438 e. The van der Waals surface area contributed by atoms with Crippen molar-refractivity contribution >= 4 is 5.57 Å². The first-order chi connectivity index (χ1) is 12.2. The summed E-state index contributed by atoms with van der Waals surface area (Å²) in [5.41, 5.74) is 1.95. The molecule has 26 heavy (non-hydrogen) atoms. The van der Waals surface area contributed by atoms with Gasteiger partial charge in [0.2, 0.25) is 5.88 Å². The van der Waals surface area contributed by atoms with Crippen LogP contribution in [0.15, 0.2) is 60.7 Å². The number of aryl methyl sites for hydroxylation is 1. The summed E-state index contributed by atoms with van der Waals surface area (Å²) in [7, 11) is 0. The van der Waals surface area contributed by atoms with Crippen molar-refractivity contribution in [3.8, 4) is 11.6 Å². The van der Waals surface area contributed by atoms with E-state index in [4.69, 9.17) is 4.74 Å². The molecule has 0 radical (unpaired) electrons. The maximum Gasteiger partial charge on any atom is 0.416 e. The van der Waals surface area contributed by atoms with E-state index >= 15 is 0 Å². The van der Waals surface area contributed by atoms with Gasteiger partial charge in [-0.1, -0.05) is 30.4 Å². The molecule has 2 aromatic rings. The van der Waals surface area contributed by atoms with Crippen LogP contribution in [0.3, 0.4) is 0 Å². The number of alkyl halides is 3. The SMILES string of the molecule is C=C(C)C=C(C=CC)c1cc(Oc2ccc(C(F)(F)F)cc2)nn1CC. The van der Waals surface area contributed by atoms with Gasteiger partial charge in [-0.05, 0) is 50.6 Å². The van der Waals surface area contributed by atoms with Crippen LogP contribution in [0.25, 0.3) is 5.57 Å². The average Bonchev–Trinajstić information content (AvgIpc) is 2.96. The summed E-state index contributed by atoms with van der Waals surface area (Å²) in [5, 5.41) is 4.37. The van der Waals surface area contributed by atoms with Gasteiger partial charge in [0.1, 0.15) is 5.75 Å². The third-order valence-corrected chi connectivity index (χ3v) is 3.51. The second-order valence-electron chi connectivity index (χ2n) is 5.75. The van der Waals surface area contributed by atoms with E-state index in [0.717, 1.165) is 29.0 Å². The molecule has 0 unspecified atom stereocenters. The van der Waals surface area contributed by atoms with Gasteiger partial charge in [-0.25, -0.2) is 0 Å². The summed E-state index contributed by atoms with van der Waals surface area (Å²) < 4.78 is 45.3. The molecular formula is C20H21F3N2O. The molecule has 138 valence electrons. The maximum absolute atomic E-state index is 12.6. The van der Waals surface area contributed by atoms with Gasteiger partial charge in [-0.15, -0.1) is 5.10 Å². The molecule has 0 aliphatic rings. The highest BCUT2D eigenvalue weighted by Crippen LogP contribution is 2.32. The van der Waals surface area contributed by atoms with Crippen LogP contribution in [-0.4, -0.2) is 9.78 Å². The van der Waals surface area contributed by atoms with Gasteiger partial charge in [0, 0.05) is 12.6 Å². The fraction of sp³-hybridized carbons (Fsp3) is 0.250. The number of nitrogens with zero attached hydrogens (tertiary/aromatic N) is 2. The predicted molar refractivity (Wildman–Crippen MR) is 97.0 cm³/mol. The molecule has 0 fully saturated rings. The standard InChI is InChI=1S/C20H21F3N2O/c1-5-7-15(12-14(3)4)18-13-19(24-25(18)6-2)26-17-10-8-16(9-11-17)20(21,22)23/h5,7-13H,3,6H2,1-2,4H3. The summed E-state index contributed by atoms with van der Waals surface area (Å²) in [5.74, 6) is 0.612. The highest BCUT2D eigenvalue weighted by molar-refractivity contribution is 5.74. The van der Waals surface area contributed by atoms with Crippen molar-refractivity contribution in [2.24, 2.45) is 0 Å². The molecule has 0 aliphatic carbocycles. The lowest BCUT2D eigenvalue weighted by atomic mass is 10.1. The molecule has 1 aromatic carbocycles. The average molecular weight is 362 g/mol. The minimum atomic E-state index is -4.37. The Labute approximate surface area is 151 Å². The number of allylic oxidation sites excluding steroid dienone is 5. The van der Waals surface area contributed by atoms with Gasteiger partial charge in [0.15, 0.2) is 0 Å². The van der Waals surface area contributed by atoms with Crippen LogP contribution >= 0.6 is 0 Å². The van der Waals surface area contributed by atoms with Gasteiger partial charge in [0.25, 0.3) is 0 Å². The Morgan fingerprint density at radius 2 is 1.92 bits per heavy atom. The zero-order chi connectivity index (χ0) is 19.3. The van der Waals surface area contributed by atoms with Gasteiger partial charge in [0.05, 0.1) is 11.3 Å². The van der Waals surface area contributed by atoms with Gasteiger partial charge in [-0.3, -0.25) is 4.68 Å². The van der Waals surface area contributed by atoms with Crippen molar-refractivity contribution in [1.29, 1.82) is 0 Å². The summed E-state index contributed by atoms with van der Waals surface area (Å²) in [6, 6.07) is 6.29. The Hall–Kier alpha value is -2.76. The normalized spacial score (nSPS) is 12.6. The first kappa shape index (κ1) is 19.6. The number of benzene rings is 1. The number of hydrogen-bond acceptors (Lipinski definition) is 2. The van der Waals surface area contributed by atoms with E-state index in [1.807, 2.05) is 39.0 Å². The largest absolute Gasteiger partial charge is 0.438 e. The van der Waals surface area contributed by atoms with Crippen molar-refractivity contribution < 1.29 is 17.9 Å². The second kappa shape index (κ2) is 8.08. The fourth-order valence-corrected chi connectivity index (χ4v) is 2.40. The first-order valence-corrected chi connectivity index (χ1v) is 8.17. The lowest BCUT2D eigenvalue weighted by Crippen LogP contribution is -2.04. The Bertz CT molecular complexity index is 828. The third kappa shape index (κ3) is 4.88. The molecule has 0 N–H and O–H groups in total. The van der Waals surface area contributed by atoms with Crippen LogP contribution in [0.4, 0.5) is 13.2 Å². The lowest BCUT2D eigenvalue weighted by molar-refractivity contribution is -0.137. The van der Waals surface area contributed by atoms with E-state index in [1.165, 1.54) is 12.1 Å². The molecular weight excluding hydrogens is 341 g/mol. The summed E-state index contributed by atoms with van der Waals surface area (Å²) >= 11 is 0. The monoisotopic (exact) mass is 362 g/mol. The molecule has 0 bridgehead atoms. The maximum atomic E-state index is 12.6. The summed E-state index contributed by atoms with van der Waals surface area (Å²) in [4.78, 5) is 0. The van der Waals surface area contributed by atoms with Gasteiger partial charge >= 0.3 is 6.18 Å². The van der Waals surface area contributed by atoms with Crippen LogP contribution < -0.4 is 4.74 Å². The molecule has 0 amide bonds. The van der Waals surface area contributed by atoms with Crippen LogP contribution in [0.5, 0.6) is 11.6 Å². The number of hydrogen-bond donors (Lipinski definition) is 0. The molecule has 0 saturated heterocycles. The van der Waals surface area contributed by atoms with Crippen LogP contribution in [-0.2, 0) is 12.7 Å². The smallest absolute Gasteiger partial charge is 0.416 e. The molecule has 2 rings (SSSR count). The molecule has 1 aromatic heterocycles. The quantitative estimate of drug-likeness (QED) is 0.568. The zero-order valence-corrected chi connectivity index (χ0v) is 15.0. The molecule has 0 saturated carbocycles. The van der Waals surface area contributed by atoms with Crippen molar-refractivity contribution in [2.45, 2.75) is 33.5 Å². The molecule has 0 aliphatic heterocycles. The number of halogens is 3. The van der Waals surface area contributed by atoms with Crippen molar-refractivity contribution in [3.63, 3.8) is 0 Å². The van der Waals surface area contributed by atoms with E-state index < -0.39 is 11.7 Å². The third-order valence-electron chi connectivity index (χ3n) is 3.51. The van der Waals surface area contributed by atoms with Crippen molar-refractivity contribution in [3.05, 3.63) is 72.0 Å². The van der Waals surface area contributed by atoms with Crippen molar-refractivity contribution in [2.75, 3.05) is 0 Å². The highest BCUT2D eigenvalue weighted by atomic mass is 19.4. The number of ether oxygens (including phenoxy) is 1. The molecule has 6 heteroatoms. The zero-order valence-electron chi connectivity index (χ0n) is 15.0. The minimum absolute atomic E-state index is 0.293. The Balaban J connectivity index is 2.32. The van der Waals surface area contributed by atoms with Crippen LogP contribution in [0.2, 0.25) is 0 Å². The summed E-state index contributed by atoms with van der Waals surface area (Å²) in [6.07, 6.45) is 1.42. The van der Waals surface area contributed by atoms with Crippen LogP contribution in [0, 0.1) is 0 Å². The number of rotatable bonds is 6. The predicted octanol–water partition coefficient (Wildman–Crippen LogP) is 6.25. The Morgan fingerprint density at radius 1 is 1.27 bits per heavy atom. The van der Waals surface area contributed by atoms with Crippen molar-refractivity contribution in [1.82, 2.24) is 9.78 Å². The van der Waals surface area contributed by atoms with E-state index in [-0.39, 0.29) is 0 Å². The molecule has 0 atom stereocenters. The number of aromatic nitrogens is 2. The summed E-state index contributed by atoms with van der Waals surface area (Å²) in [6.45, 7) is 10.3. The molecule has 0 spiro atoms. The first-order valence-electron chi connectivity index (χ1n) is 8.17. The van der Waals surface area contributed by atoms with Gasteiger partial charge < -0.3 is 4.74 Å². The molecule has 3 nitrogen and oxygen atoms in total. The van der Waals surface area contributed by atoms with E-state index in [9.17, 15) is 13.2 Å². The molecule has 1 heterocycles. The van der Waals surface area contributed by atoms with E-state index in [2.05, 4.69) is 11.7 Å². The van der Waals surface area contributed by atoms with E-state index in [1.54, 1.807) is 10.7 Å². The topological polar surface area (TPSA) is 27.1 Å². The van der Waals surface area contributed by atoms with Crippen LogP contribution in [0.1, 0.15) is 32.0 Å². The highest BCUT2D eigenvalue weighted by Gasteiger charge is 2.30. The lowest BCUT2D eigenvalue weighted by Gasteiger charge is -2.07. The fourth-order valence-electron chi connectivity index (χ4n) is 2.40. The van der Waals surface area contributed by atoms with E-state index in [0.29, 0.717) is 18.2 Å². The van der Waals surface area contributed by atoms with Gasteiger partial charge in [-0.2, -0.15) is 13.2 Å².